The largest absolute Gasteiger partial charge is 0.380 e. The predicted octanol–water partition coefficient (Wildman–Crippen LogP) is 1.84. The summed E-state index contributed by atoms with van der Waals surface area (Å²) in [6.45, 7) is 0.353. The molecule has 7 nitrogen and oxygen atoms in total. The molecule has 0 fully saturated rings. The molecule has 128 valence electrons. The minimum atomic E-state index is -3.34. The van der Waals surface area contributed by atoms with Gasteiger partial charge in [-0.05, 0) is 23.8 Å². The first kappa shape index (κ1) is 18.0. The maximum atomic E-state index is 11.6. The Morgan fingerprint density at radius 3 is 2.71 bits per heavy atom. The molecule has 2 aromatic rings. The minimum absolute atomic E-state index is 0.226. The van der Waals surface area contributed by atoms with Gasteiger partial charge in [-0.15, -0.1) is 0 Å². The van der Waals surface area contributed by atoms with Gasteiger partial charge in [0.05, 0.1) is 23.2 Å². The molecule has 24 heavy (non-hydrogen) atoms. The number of halogens is 1. The third-order valence-electron chi connectivity index (χ3n) is 3.39. The average molecular weight is 369 g/mol. The van der Waals surface area contributed by atoms with Crippen LogP contribution in [0, 0.1) is 0 Å². The Labute approximate surface area is 145 Å². The summed E-state index contributed by atoms with van der Waals surface area (Å²) in [7, 11) is -1.86. The van der Waals surface area contributed by atoms with Crippen molar-refractivity contribution in [2.45, 2.75) is 6.54 Å². The maximum Gasteiger partial charge on any atom is 0.252 e. The number of carbonyl (C=O) groups excluding carboxylic acids is 1. The number of aromatic nitrogens is 1. The van der Waals surface area contributed by atoms with Crippen LogP contribution in [0.3, 0.4) is 0 Å². The van der Waals surface area contributed by atoms with Crippen LogP contribution in [0.1, 0.15) is 15.9 Å². The molecule has 0 unspecified atom stereocenters. The molecule has 0 spiro atoms. The topological polar surface area (TPSA) is 105 Å². The van der Waals surface area contributed by atoms with Crippen LogP contribution in [0.5, 0.6) is 0 Å². The molecular weight excluding hydrogens is 352 g/mol. The Kier molecular flexibility index (Phi) is 5.30. The zero-order chi connectivity index (χ0) is 17.9. The highest BCUT2D eigenvalue weighted by Gasteiger charge is 2.13. The maximum absolute atomic E-state index is 11.6. The van der Waals surface area contributed by atoms with E-state index in [4.69, 9.17) is 17.3 Å². The van der Waals surface area contributed by atoms with Gasteiger partial charge in [-0.3, -0.25) is 9.10 Å². The van der Waals surface area contributed by atoms with E-state index in [1.165, 1.54) is 23.6 Å². The Bertz CT molecular complexity index is 871. The standard InChI is InChI=1S/C15H17ClN4O3S/c1-20(24(2,22)23)11-5-3-4-10(6-11)8-18-13-7-14(16)19-9-12(13)15(17)21/h3-7,9H,8H2,1-2H3,(H2,17,21)(H,18,19). The Balaban J connectivity index is 2.22. The van der Waals surface area contributed by atoms with Gasteiger partial charge in [0.1, 0.15) is 5.15 Å². The number of anilines is 2. The highest BCUT2D eigenvalue weighted by atomic mass is 35.5. The van der Waals surface area contributed by atoms with Crippen molar-refractivity contribution in [3.8, 4) is 0 Å². The average Bonchev–Trinajstić information content (AvgIpc) is 2.51. The number of primary amides is 1. The van der Waals surface area contributed by atoms with Crippen LogP contribution in [0.25, 0.3) is 0 Å². The van der Waals surface area contributed by atoms with Gasteiger partial charge in [0.2, 0.25) is 10.0 Å². The molecule has 1 amide bonds. The van der Waals surface area contributed by atoms with Gasteiger partial charge in [-0.2, -0.15) is 0 Å². The second-order valence-corrected chi connectivity index (χ2v) is 7.57. The van der Waals surface area contributed by atoms with Crippen molar-refractivity contribution in [2.75, 3.05) is 22.9 Å². The van der Waals surface area contributed by atoms with Gasteiger partial charge in [-0.25, -0.2) is 13.4 Å². The Hall–Kier alpha value is -2.32. The molecule has 1 aromatic carbocycles. The fourth-order valence-electron chi connectivity index (χ4n) is 2.02. The molecule has 0 aliphatic rings. The summed E-state index contributed by atoms with van der Waals surface area (Å²) in [5, 5.41) is 3.29. The molecule has 9 heteroatoms. The summed E-state index contributed by atoms with van der Waals surface area (Å²) in [4.78, 5) is 15.3. The third kappa shape index (κ3) is 4.36. The summed E-state index contributed by atoms with van der Waals surface area (Å²) in [5.74, 6) is -0.618. The normalized spacial score (nSPS) is 11.1. The van der Waals surface area contributed by atoms with Gasteiger partial charge in [-0.1, -0.05) is 23.7 Å². The highest BCUT2D eigenvalue weighted by molar-refractivity contribution is 7.92. The predicted molar refractivity (Wildman–Crippen MR) is 94.8 cm³/mol. The summed E-state index contributed by atoms with van der Waals surface area (Å²) in [5.41, 5.74) is 7.36. The number of nitrogens with two attached hydrogens (primary N) is 1. The molecule has 0 aliphatic carbocycles. The quantitative estimate of drug-likeness (QED) is 0.757. The van der Waals surface area contributed by atoms with E-state index in [0.717, 1.165) is 11.8 Å². The van der Waals surface area contributed by atoms with Gasteiger partial charge in [0.15, 0.2) is 0 Å². The lowest BCUT2D eigenvalue weighted by Crippen LogP contribution is -2.24. The molecule has 0 bridgehead atoms. The lowest BCUT2D eigenvalue weighted by molar-refractivity contribution is 0.100. The van der Waals surface area contributed by atoms with E-state index in [9.17, 15) is 13.2 Å². The van der Waals surface area contributed by atoms with Crippen molar-refractivity contribution in [1.29, 1.82) is 0 Å². The summed E-state index contributed by atoms with van der Waals surface area (Å²) in [6, 6.07) is 8.53. The monoisotopic (exact) mass is 368 g/mol. The minimum Gasteiger partial charge on any atom is -0.380 e. The Morgan fingerprint density at radius 1 is 1.38 bits per heavy atom. The first-order chi connectivity index (χ1) is 11.2. The SMILES string of the molecule is CN(c1cccc(CNc2cc(Cl)ncc2C(N)=O)c1)S(C)(=O)=O. The lowest BCUT2D eigenvalue weighted by Gasteiger charge is -2.18. The molecule has 1 heterocycles. The van der Waals surface area contributed by atoms with Crippen molar-refractivity contribution < 1.29 is 13.2 Å². The van der Waals surface area contributed by atoms with Gasteiger partial charge in [0.25, 0.3) is 5.91 Å². The highest BCUT2D eigenvalue weighted by Crippen LogP contribution is 2.21. The zero-order valence-electron chi connectivity index (χ0n) is 13.2. The number of nitrogens with one attached hydrogen (secondary N) is 1. The molecule has 0 saturated heterocycles. The van der Waals surface area contributed by atoms with E-state index in [-0.39, 0.29) is 10.7 Å². The number of hydrogen-bond donors (Lipinski definition) is 2. The smallest absolute Gasteiger partial charge is 0.252 e. The fourth-order valence-corrected chi connectivity index (χ4v) is 2.68. The summed E-state index contributed by atoms with van der Waals surface area (Å²) in [6.07, 6.45) is 2.44. The van der Waals surface area contributed by atoms with Gasteiger partial charge in [0, 0.05) is 19.8 Å². The summed E-state index contributed by atoms with van der Waals surface area (Å²) < 4.78 is 24.4. The third-order valence-corrected chi connectivity index (χ3v) is 4.80. The number of pyridine rings is 1. The molecule has 0 saturated carbocycles. The van der Waals surface area contributed by atoms with E-state index in [2.05, 4.69) is 10.3 Å². The number of nitrogens with zero attached hydrogens (tertiary/aromatic N) is 2. The number of carbonyl (C=O) groups is 1. The van der Waals surface area contributed by atoms with Crippen LogP contribution in [0.4, 0.5) is 11.4 Å². The van der Waals surface area contributed by atoms with Crippen LogP contribution in [0.2, 0.25) is 5.15 Å². The lowest BCUT2D eigenvalue weighted by atomic mass is 10.1. The second-order valence-electron chi connectivity index (χ2n) is 5.17. The zero-order valence-corrected chi connectivity index (χ0v) is 14.7. The molecule has 3 N–H and O–H groups in total. The van der Waals surface area contributed by atoms with Crippen molar-refractivity contribution in [1.82, 2.24) is 4.98 Å². The number of hydrogen-bond acceptors (Lipinski definition) is 5. The van der Waals surface area contributed by atoms with E-state index < -0.39 is 15.9 Å². The Morgan fingerprint density at radius 2 is 2.08 bits per heavy atom. The van der Waals surface area contributed by atoms with Crippen LogP contribution < -0.4 is 15.4 Å². The van der Waals surface area contributed by atoms with Crippen molar-refractivity contribution in [3.63, 3.8) is 0 Å². The molecule has 0 aliphatic heterocycles. The number of amides is 1. The van der Waals surface area contributed by atoms with Gasteiger partial charge < -0.3 is 11.1 Å². The second kappa shape index (κ2) is 7.06. The number of sulfonamides is 1. The first-order valence-corrected chi connectivity index (χ1v) is 9.13. The van der Waals surface area contributed by atoms with Crippen LogP contribution in [-0.2, 0) is 16.6 Å². The van der Waals surface area contributed by atoms with Crippen molar-refractivity contribution in [2.24, 2.45) is 5.73 Å². The van der Waals surface area contributed by atoms with Gasteiger partial charge >= 0.3 is 0 Å². The van der Waals surface area contributed by atoms with Crippen molar-refractivity contribution in [3.05, 3.63) is 52.8 Å². The summed E-state index contributed by atoms with van der Waals surface area (Å²) >= 11 is 5.84. The first-order valence-electron chi connectivity index (χ1n) is 6.90. The molecule has 0 atom stereocenters. The van der Waals surface area contributed by atoms with Crippen LogP contribution in [0.15, 0.2) is 36.5 Å². The van der Waals surface area contributed by atoms with E-state index in [1.807, 2.05) is 6.07 Å². The van der Waals surface area contributed by atoms with Crippen LogP contribution in [-0.4, -0.2) is 32.6 Å². The van der Waals surface area contributed by atoms with Crippen LogP contribution >= 0.6 is 11.6 Å². The van der Waals surface area contributed by atoms with E-state index >= 15 is 0 Å². The molecule has 0 radical (unpaired) electrons. The van der Waals surface area contributed by atoms with Crippen molar-refractivity contribution >= 4 is 38.9 Å². The van der Waals surface area contributed by atoms with E-state index in [1.54, 1.807) is 18.2 Å². The van der Waals surface area contributed by atoms with E-state index in [0.29, 0.717) is 17.9 Å². The molecule has 1 aromatic heterocycles. The number of benzene rings is 1. The fraction of sp³-hybridized carbons (Fsp3) is 0.200. The number of rotatable bonds is 6. The molecule has 2 rings (SSSR count). The molecular formula is C15H17ClN4O3S.